The van der Waals surface area contributed by atoms with Gasteiger partial charge in [-0.2, -0.15) is 5.26 Å². The van der Waals surface area contributed by atoms with Crippen LogP contribution in [0.3, 0.4) is 0 Å². The highest BCUT2D eigenvalue weighted by molar-refractivity contribution is 5.99. The Morgan fingerprint density at radius 2 is 1.89 bits per heavy atom. The van der Waals surface area contributed by atoms with Gasteiger partial charge in [0, 0.05) is 11.8 Å². The Morgan fingerprint density at radius 1 is 1.17 bits per heavy atom. The molecule has 1 aromatic carbocycles. The molecule has 4 heteroatoms. The van der Waals surface area contributed by atoms with Crippen LogP contribution in [0.5, 0.6) is 0 Å². The van der Waals surface area contributed by atoms with Gasteiger partial charge in [-0.15, -0.1) is 0 Å². The summed E-state index contributed by atoms with van der Waals surface area (Å²) < 4.78 is 0. The van der Waals surface area contributed by atoms with Gasteiger partial charge in [0.15, 0.2) is 12.0 Å². The molecule has 1 heterocycles. The zero-order valence-electron chi connectivity index (χ0n) is 9.65. The van der Waals surface area contributed by atoms with Crippen molar-refractivity contribution in [3.8, 4) is 6.19 Å². The second kappa shape index (κ2) is 5.60. The molecule has 0 aliphatic carbocycles. The average molecular weight is 237 g/mol. The van der Waals surface area contributed by atoms with E-state index >= 15 is 0 Å². The van der Waals surface area contributed by atoms with Gasteiger partial charge < -0.3 is 0 Å². The van der Waals surface area contributed by atoms with Gasteiger partial charge in [0.05, 0.1) is 6.54 Å². The minimum atomic E-state index is -0.109. The van der Waals surface area contributed by atoms with Crippen molar-refractivity contribution in [2.75, 3.05) is 11.4 Å². The van der Waals surface area contributed by atoms with Crippen LogP contribution in [0.1, 0.15) is 10.4 Å². The molecule has 0 radical (unpaired) electrons. The van der Waals surface area contributed by atoms with E-state index in [1.165, 1.54) is 4.90 Å². The fraction of sp³-hybridized carbons (Fsp3) is 0.0714. The standard InChI is InChI=1S/C14H11N3O/c15-11-17(14-8-4-5-9-16-14)10-13(18)12-6-2-1-3-7-12/h1-9H,10H2. The number of anilines is 1. The van der Waals surface area contributed by atoms with E-state index in [4.69, 9.17) is 5.26 Å². The molecule has 0 spiro atoms. The largest absolute Gasteiger partial charge is 0.292 e. The van der Waals surface area contributed by atoms with Gasteiger partial charge in [-0.05, 0) is 12.1 Å². The maximum atomic E-state index is 12.0. The number of pyridine rings is 1. The first-order chi connectivity index (χ1) is 8.81. The second-order valence-electron chi connectivity index (χ2n) is 3.66. The minimum absolute atomic E-state index is 0.00245. The first-order valence-corrected chi connectivity index (χ1v) is 5.48. The number of carbonyl (C=O) groups excluding carboxylic acids is 1. The summed E-state index contributed by atoms with van der Waals surface area (Å²) in [6.07, 6.45) is 3.56. The van der Waals surface area contributed by atoms with Crippen LogP contribution in [0.4, 0.5) is 5.82 Å². The van der Waals surface area contributed by atoms with Crippen molar-refractivity contribution in [2.45, 2.75) is 0 Å². The maximum Gasteiger partial charge on any atom is 0.185 e. The first-order valence-electron chi connectivity index (χ1n) is 5.48. The molecular formula is C14H11N3O. The molecule has 0 unspecified atom stereocenters. The predicted octanol–water partition coefficient (Wildman–Crippen LogP) is 2.25. The van der Waals surface area contributed by atoms with E-state index < -0.39 is 0 Å². The lowest BCUT2D eigenvalue weighted by Gasteiger charge is -2.13. The highest BCUT2D eigenvalue weighted by atomic mass is 16.1. The maximum absolute atomic E-state index is 12.0. The third kappa shape index (κ3) is 2.71. The number of benzene rings is 1. The molecule has 0 saturated carbocycles. The number of Topliss-reactive ketones (excluding diaryl/α,β-unsaturated/α-hetero) is 1. The van der Waals surface area contributed by atoms with Crippen LogP contribution in [0, 0.1) is 11.5 Å². The Morgan fingerprint density at radius 3 is 2.50 bits per heavy atom. The SMILES string of the molecule is N#CN(CC(=O)c1ccccc1)c1ccccn1. The van der Waals surface area contributed by atoms with E-state index in [-0.39, 0.29) is 12.3 Å². The second-order valence-corrected chi connectivity index (χ2v) is 3.66. The third-order valence-corrected chi connectivity index (χ3v) is 2.44. The van der Waals surface area contributed by atoms with Gasteiger partial charge in [0.2, 0.25) is 0 Å². The lowest BCUT2D eigenvalue weighted by molar-refractivity contribution is 0.100. The van der Waals surface area contributed by atoms with Crippen molar-refractivity contribution in [3.05, 3.63) is 60.3 Å². The Hall–Kier alpha value is -2.67. The number of nitriles is 1. The zero-order chi connectivity index (χ0) is 12.8. The van der Waals surface area contributed by atoms with Crippen LogP contribution in [-0.2, 0) is 0 Å². The van der Waals surface area contributed by atoms with E-state index in [0.29, 0.717) is 11.4 Å². The van der Waals surface area contributed by atoms with Gasteiger partial charge in [-0.25, -0.2) is 4.98 Å². The van der Waals surface area contributed by atoms with Gasteiger partial charge in [0.1, 0.15) is 5.82 Å². The van der Waals surface area contributed by atoms with E-state index in [1.807, 2.05) is 12.3 Å². The number of aromatic nitrogens is 1. The Labute approximate surface area is 105 Å². The van der Waals surface area contributed by atoms with Crippen LogP contribution >= 0.6 is 0 Å². The van der Waals surface area contributed by atoms with Crippen molar-refractivity contribution in [3.63, 3.8) is 0 Å². The molecule has 0 amide bonds. The summed E-state index contributed by atoms with van der Waals surface area (Å²) in [6, 6.07) is 14.1. The monoisotopic (exact) mass is 237 g/mol. The molecule has 2 aromatic rings. The van der Waals surface area contributed by atoms with Crippen molar-refractivity contribution in [2.24, 2.45) is 0 Å². The molecule has 0 N–H and O–H groups in total. The highest BCUT2D eigenvalue weighted by Gasteiger charge is 2.13. The molecule has 2 rings (SSSR count). The lowest BCUT2D eigenvalue weighted by atomic mass is 10.1. The summed E-state index contributed by atoms with van der Waals surface area (Å²) >= 11 is 0. The molecule has 0 aliphatic rings. The topological polar surface area (TPSA) is 57.0 Å². The number of ketones is 1. The van der Waals surface area contributed by atoms with Gasteiger partial charge >= 0.3 is 0 Å². The fourth-order valence-corrected chi connectivity index (χ4v) is 1.54. The van der Waals surface area contributed by atoms with Crippen LogP contribution in [0.2, 0.25) is 0 Å². The molecule has 0 saturated heterocycles. The van der Waals surface area contributed by atoms with E-state index in [9.17, 15) is 4.79 Å². The summed E-state index contributed by atoms with van der Waals surface area (Å²) in [5, 5.41) is 9.06. The average Bonchev–Trinajstić information content (AvgIpc) is 2.46. The van der Waals surface area contributed by atoms with Crippen molar-refractivity contribution >= 4 is 11.6 Å². The van der Waals surface area contributed by atoms with Crippen LogP contribution < -0.4 is 4.90 Å². The summed E-state index contributed by atoms with van der Waals surface area (Å²) in [7, 11) is 0. The van der Waals surface area contributed by atoms with Gasteiger partial charge in [-0.1, -0.05) is 36.4 Å². The fourth-order valence-electron chi connectivity index (χ4n) is 1.54. The zero-order valence-corrected chi connectivity index (χ0v) is 9.65. The molecule has 88 valence electrons. The van der Waals surface area contributed by atoms with Crippen molar-refractivity contribution < 1.29 is 4.79 Å². The summed E-state index contributed by atoms with van der Waals surface area (Å²) in [5.41, 5.74) is 0.591. The van der Waals surface area contributed by atoms with E-state index in [2.05, 4.69) is 4.98 Å². The molecule has 0 fully saturated rings. The van der Waals surface area contributed by atoms with Crippen molar-refractivity contribution in [1.82, 2.24) is 4.98 Å². The predicted molar refractivity (Wildman–Crippen MR) is 68.0 cm³/mol. The Kier molecular flexibility index (Phi) is 3.67. The van der Waals surface area contributed by atoms with Crippen LogP contribution in [0.25, 0.3) is 0 Å². The van der Waals surface area contributed by atoms with Crippen LogP contribution in [0.15, 0.2) is 54.7 Å². The number of carbonyl (C=O) groups is 1. The molecule has 1 aromatic heterocycles. The van der Waals surface area contributed by atoms with Gasteiger partial charge in [-0.3, -0.25) is 9.69 Å². The molecular weight excluding hydrogens is 226 g/mol. The minimum Gasteiger partial charge on any atom is -0.292 e. The number of hydrogen-bond donors (Lipinski definition) is 0. The number of rotatable bonds is 4. The van der Waals surface area contributed by atoms with Crippen molar-refractivity contribution in [1.29, 1.82) is 5.26 Å². The summed E-state index contributed by atoms with van der Waals surface area (Å²) in [6.45, 7) is -0.00245. The summed E-state index contributed by atoms with van der Waals surface area (Å²) in [4.78, 5) is 17.3. The molecule has 0 bridgehead atoms. The normalized spacial score (nSPS) is 9.50. The highest BCUT2D eigenvalue weighted by Crippen LogP contribution is 2.09. The third-order valence-electron chi connectivity index (χ3n) is 2.44. The first kappa shape index (κ1) is 11.8. The van der Waals surface area contributed by atoms with Crippen LogP contribution in [-0.4, -0.2) is 17.3 Å². The molecule has 0 aliphatic heterocycles. The quantitative estimate of drug-likeness (QED) is 0.465. The molecule has 0 atom stereocenters. The molecule has 18 heavy (non-hydrogen) atoms. The van der Waals surface area contributed by atoms with E-state index in [1.54, 1.807) is 48.7 Å². The number of nitrogens with zero attached hydrogens (tertiary/aromatic N) is 3. The summed E-state index contributed by atoms with van der Waals surface area (Å²) in [5.74, 6) is 0.368. The van der Waals surface area contributed by atoms with E-state index in [0.717, 1.165) is 0 Å². The lowest BCUT2D eigenvalue weighted by Crippen LogP contribution is -2.25. The number of hydrogen-bond acceptors (Lipinski definition) is 4. The Bertz CT molecular complexity index is 561. The Balaban J connectivity index is 2.14. The molecule has 4 nitrogen and oxygen atoms in total. The van der Waals surface area contributed by atoms with Gasteiger partial charge in [0.25, 0.3) is 0 Å². The smallest absolute Gasteiger partial charge is 0.185 e.